The predicted octanol–water partition coefficient (Wildman–Crippen LogP) is 3.17. The van der Waals surface area contributed by atoms with Gasteiger partial charge in [-0.2, -0.15) is 5.26 Å². The maximum atomic E-state index is 12.2. The second-order valence-electron chi connectivity index (χ2n) is 7.79. The Bertz CT molecular complexity index is 833. The number of amides is 1. The molecule has 0 saturated carbocycles. The zero-order chi connectivity index (χ0) is 20.0. The largest absolute Gasteiger partial charge is 0.369 e. The fourth-order valence-corrected chi connectivity index (χ4v) is 3.38. The van der Waals surface area contributed by atoms with Crippen molar-refractivity contribution in [3.8, 4) is 6.07 Å². The summed E-state index contributed by atoms with van der Waals surface area (Å²) in [4.78, 5) is 17.1. The van der Waals surface area contributed by atoms with E-state index >= 15 is 0 Å². The van der Waals surface area contributed by atoms with Crippen LogP contribution in [0.15, 0.2) is 54.6 Å². The number of nitrogens with one attached hydrogen (secondary N) is 1. The molecule has 5 heteroatoms. The Labute approximate surface area is 167 Å². The van der Waals surface area contributed by atoms with Crippen molar-refractivity contribution < 1.29 is 4.79 Å². The highest BCUT2D eigenvalue weighted by Crippen LogP contribution is 2.19. The Hall–Kier alpha value is -2.84. The van der Waals surface area contributed by atoms with Crippen LogP contribution in [0.3, 0.4) is 0 Å². The maximum Gasteiger partial charge on any atom is 0.240 e. The third-order valence-electron chi connectivity index (χ3n) is 5.29. The Morgan fingerprint density at radius 1 is 1.00 bits per heavy atom. The first kappa shape index (κ1) is 19.9. The average molecular weight is 377 g/mol. The van der Waals surface area contributed by atoms with E-state index in [1.54, 1.807) is 13.8 Å². The minimum absolute atomic E-state index is 0.235. The number of nitrogens with zero attached hydrogens (tertiary/aromatic N) is 3. The van der Waals surface area contributed by atoms with Gasteiger partial charge in [-0.25, -0.2) is 0 Å². The van der Waals surface area contributed by atoms with E-state index in [1.165, 1.54) is 11.3 Å². The molecule has 0 radical (unpaired) electrons. The highest BCUT2D eigenvalue weighted by Gasteiger charge is 2.27. The van der Waals surface area contributed by atoms with Gasteiger partial charge in [-0.3, -0.25) is 9.69 Å². The average Bonchev–Trinajstić information content (AvgIpc) is 2.74. The van der Waals surface area contributed by atoms with Gasteiger partial charge in [0.05, 0.1) is 6.07 Å². The van der Waals surface area contributed by atoms with Crippen LogP contribution in [0, 0.1) is 16.7 Å². The van der Waals surface area contributed by atoms with Gasteiger partial charge in [-0.1, -0.05) is 42.5 Å². The van der Waals surface area contributed by atoms with E-state index in [2.05, 4.69) is 57.6 Å². The van der Waals surface area contributed by atoms with E-state index in [1.807, 2.05) is 18.2 Å². The molecule has 0 aliphatic carbocycles. The summed E-state index contributed by atoms with van der Waals surface area (Å²) in [5, 5.41) is 12.0. The van der Waals surface area contributed by atoms with Gasteiger partial charge in [-0.05, 0) is 37.1 Å². The Morgan fingerprint density at radius 2 is 1.61 bits per heavy atom. The van der Waals surface area contributed by atoms with Gasteiger partial charge in [0.15, 0.2) is 0 Å². The van der Waals surface area contributed by atoms with E-state index in [9.17, 15) is 4.79 Å². The van der Waals surface area contributed by atoms with Crippen LogP contribution in [0.1, 0.15) is 25.0 Å². The standard InChI is InChI=1S/C23H28N4O/c1-23(2,18-24)22(28)25-16-19-8-6-7-9-20(19)17-26-12-14-27(15-13-26)21-10-4-3-5-11-21/h3-11H,12-17H2,1-2H3,(H,25,28). The minimum atomic E-state index is -1.01. The lowest BCUT2D eigenvalue weighted by Crippen LogP contribution is -2.46. The van der Waals surface area contributed by atoms with E-state index in [0.29, 0.717) is 6.54 Å². The summed E-state index contributed by atoms with van der Waals surface area (Å²) in [6.45, 7) is 8.65. The quantitative estimate of drug-likeness (QED) is 0.841. The molecule has 0 aromatic heterocycles. The molecule has 2 aromatic rings. The molecule has 0 atom stereocenters. The molecule has 0 spiro atoms. The minimum Gasteiger partial charge on any atom is -0.369 e. The van der Waals surface area contributed by atoms with Gasteiger partial charge >= 0.3 is 0 Å². The molecule has 28 heavy (non-hydrogen) atoms. The molecule has 1 N–H and O–H groups in total. The van der Waals surface area contributed by atoms with Gasteiger partial charge in [0.25, 0.3) is 0 Å². The first-order chi connectivity index (χ1) is 13.5. The van der Waals surface area contributed by atoms with Gasteiger partial charge in [0, 0.05) is 45.0 Å². The fourth-order valence-electron chi connectivity index (χ4n) is 3.38. The number of benzene rings is 2. The molecular formula is C23H28N4O. The van der Waals surface area contributed by atoms with Gasteiger partial charge in [0.1, 0.15) is 5.41 Å². The number of rotatable bonds is 6. The molecule has 5 nitrogen and oxygen atoms in total. The topological polar surface area (TPSA) is 59.4 Å². The molecule has 1 aliphatic rings. The molecule has 3 rings (SSSR count). The zero-order valence-corrected chi connectivity index (χ0v) is 16.7. The van der Waals surface area contributed by atoms with E-state index in [4.69, 9.17) is 5.26 Å². The van der Waals surface area contributed by atoms with E-state index in [0.717, 1.165) is 38.3 Å². The molecular weight excluding hydrogens is 348 g/mol. The van der Waals surface area contributed by atoms with Crippen LogP contribution in [0.4, 0.5) is 5.69 Å². The van der Waals surface area contributed by atoms with Crippen molar-refractivity contribution in [2.75, 3.05) is 31.1 Å². The third kappa shape index (κ3) is 4.90. The number of hydrogen-bond acceptors (Lipinski definition) is 4. The third-order valence-corrected chi connectivity index (χ3v) is 5.29. The lowest BCUT2D eigenvalue weighted by molar-refractivity contribution is -0.126. The van der Waals surface area contributed by atoms with E-state index in [-0.39, 0.29) is 5.91 Å². The van der Waals surface area contributed by atoms with Crippen LogP contribution in [0.5, 0.6) is 0 Å². The van der Waals surface area contributed by atoms with Crippen LogP contribution >= 0.6 is 0 Å². The Morgan fingerprint density at radius 3 is 2.25 bits per heavy atom. The first-order valence-electron chi connectivity index (χ1n) is 9.78. The number of nitriles is 1. The van der Waals surface area contributed by atoms with Crippen molar-refractivity contribution in [2.24, 2.45) is 5.41 Å². The van der Waals surface area contributed by atoms with Crippen molar-refractivity contribution in [3.05, 3.63) is 65.7 Å². The van der Waals surface area contributed by atoms with Crippen molar-refractivity contribution >= 4 is 11.6 Å². The number of carbonyl (C=O) groups excluding carboxylic acids is 1. The number of piperazine rings is 1. The molecule has 2 aromatic carbocycles. The summed E-state index contributed by atoms with van der Waals surface area (Å²) in [6.07, 6.45) is 0. The molecule has 1 amide bonds. The second-order valence-corrected chi connectivity index (χ2v) is 7.79. The molecule has 0 bridgehead atoms. The summed E-state index contributed by atoms with van der Waals surface area (Å²) in [7, 11) is 0. The molecule has 146 valence electrons. The summed E-state index contributed by atoms with van der Waals surface area (Å²) in [5.74, 6) is -0.235. The number of para-hydroxylation sites is 1. The second kappa shape index (κ2) is 8.90. The summed E-state index contributed by atoms with van der Waals surface area (Å²) < 4.78 is 0. The van der Waals surface area contributed by atoms with Crippen LogP contribution in [-0.4, -0.2) is 37.0 Å². The van der Waals surface area contributed by atoms with Crippen molar-refractivity contribution in [1.29, 1.82) is 5.26 Å². The molecule has 1 heterocycles. The van der Waals surface area contributed by atoms with Gasteiger partial charge in [-0.15, -0.1) is 0 Å². The predicted molar refractivity (Wildman–Crippen MR) is 112 cm³/mol. The zero-order valence-electron chi connectivity index (χ0n) is 16.7. The number of hydrogen-bond donors (Lipinski definition) is 1. The lowest BCUT2D eigenvalue weighted by atomic mass is 9.94. The summed E-state index contributed by atoms with van der Waals surface area (Å²) >= 11 is 0. The van der Waals surface area contributed by atoms with Crippen LogP contribution < -0.4 is 10.2 Å². The SMILES string of the molecule is CC(C)(C#N)C(=O)NCc1ccccc1CN1CCN(c2ccccc2)CC1. The number of anilines is 1. The molecule has 1 fully saturated rings. The van der Waals surface area contributed by atoms with Crippen molar-refractivity contribution in [3.63, 3.8) is 0 Å². The van der Waals surface area contributed by atoms with Crippen LogP contribution in [0.2, 0.25) is 0 Å². The van der Waals surface area contributed by atoms with E-state index < -0.39 is 5.41 Å². The van der Waals surface area contributed by atoms with Crippen molar-refractivity contribution in [2.45, 2.75) is 26.9 Å². The fraction of sp³-hybridized carbons (Fsp3) is 0.391. The normalized spacial score (nSPS) is 15.1. The maximum absolute atomic E-state index is 12.2. The Balaban J connectivity index is 1.57. The van der Waals surface area contributed by atoms with Crippen molar-refractivity contribution in [1.82, 2.24) is 10.2 Å². The first-order valence-corrected chi connectivity index (χ1v) is 9.78. The summed E-state index contributed by atoms with van der Waals surface area (Å²) in [6, 6.07) is 20.8. The summed E-state index contributed by atoms with van der Waals surface area (Å²) in [5.41, 5.74) is 2.61. The Kier molecular flexibility index (Phi) is 6.33. The highest BCUT2D eigenvalue weighted by molar-refractivity contribution is 5.84. The number of carbonyl (C=O) groups is 1. The molecule has 1 saturated heterocycles. The highest BCUT2D eigenvalue weighted by atomic mass is 16.2. The van der Waals surface area contributed by atoms with Crippen LogP contribution in [-0.2, 0) is 17.9 Å². The lowest BCUT2D eigenvalue weighted by Gasteiger charge is -2.36. The smallest absolute Gasteiger partial charge is 0.240 e. The monoisotopic (exact) mass is 376 g/mol. The molecule has 0 unspecified atom stereocenters. The van der Waals surface area contributed by atoms with Crippen LogP contribution in [0.25, 0.3) is 0 Å². The molecule has 1 aliphatic heterocycles. The van der Waals surface area contributed by atoms with Gasteiger partial charge in [0.2, 0.25) is 5.91 Å². The van der Waals surface area contributed by atoms with Gasteiger partial charge < -0.3 is 10.2 Å².